The predicted octanol–water partition coefficient (Wildman–Crippen LogP) is 2.28. The van der Waals surface area contributed by atoms with E-state index in [1.165, 1.54) is 6.20 Å². The summed E-state index contributed by atoms with van der Waals surface area (Å²) in [5.74, 6) is -1.94. The molecule has 2 aromatic rings. The van der Waals surface area contributed by atoms with Crippen molar-refractivity contribution in [1.29, 1.82) is 0 Å². The SMILES string of the molecule is CCC(N)Cc1cccn1S(=O)(=O)c1ccc(F)cc1F. The van der Waals surface area contributed by atoms with Gasteiger partial charge < -0.3 is 5.73 Å². The molecule has 2 N–H and O–H groups in total. The highest BCUT2D eigenvalue weighted by Crippen LogP contribution is 2.21. The van der Waals surface area contributed by atoms with Gasteiger partial charge in [-0.1, -0.05) is 6.92 Å². The lowest BCUT2D eigenvalue weighted by molar-refractivity contribution is 0.543. The first-order chi connectivity index (χ1) is 9.86. The lowest BCUT2D eigenvalue weighted by atomic mass is 10.1. The first kappa shape index (κ1) is 15.7. The first-order valence-corrected chi connectivity index (χ1v) is 7.92. The summed E-state index contributed by atoms with van der Waals surface area (Å²) < 4.78 is 52.6. The topological polar surface area (TPSA) is 65.1 Å². The minimum atomic E-state index is -4.11. The lowest BCUT2D eigenvalue weighted by Gasteiger charge is -2.13. The minimum Gasteiger partial charge on any atom is -0.327 e. The summed E-state index contributed by atoms with van der Waals surface area (Å²) in [6, 6.07) is 5.37. The molecule has 0 saturated carbocycles. The van der Waals surface area contributed by atoms with Gasteiger partial charge in [0.1, 0.15) is 16.5 Å². The monoisotopic (exact) mass is 314 g/mol. The Morgan fingerprint density at radius 1 is 1.29 bits per heavy atom. The van der Waals surface area contributed by atoms with Gasteiger partial charge in [-0.3, -0.25) is 0 Å². The summed E-state index contributed by atoms with van der Waals surface area (Å²) >= 11 is 0. The Labute approximate surface area is 122 Å². The van der Waals surface area contributed by atoms with Crippen LogP contribution >= 0.6 is 0 Å². The van der Waals surface area contributed by atoms with E-state index in [2.05, 4.69) is 0 Å². The lowest BCUT2D eigenvalue weighted by Crippen LogP contribution is -2.25. The number of nitrogens with two attached hydrogens (primary N) is 1. The molecule has 4 nitrogen and oxygen atoms in total. The molecule has 0 radical (unpaired) electrons. The highest BCUT2D eigenvalue weighted by atomic mass is 32.2. The van der Waals surface area contributed by atoms with E-state index in [1.807, 2.05) is 6.92 Å². The third kappa shape index (κ3) is 3.14. The normalized spacial score (nSPS) is 13.3. The van der Waals surface area contributed by atoms with E-state index in [0.29, 0.717) is 24.6 Å². The Bertz CT molecular complexity index is 741. The molecule has 0 bridgehead atoms. The third-order valence-electron chi connectivity index (χ3n) is 3.22. The Balaban J connectivity index is 2.47. The van der Waals surface area contributed by atoms with Crippen LogP contribution in [0.3, 0.4) is 0 Å². The standard InChI is InChI=1S/C14H16F2N2O2S/c1-2-11(17)9-12-4-3-7-18(12)21(19,20)14-6-5-10(15)8-13(14)16/h3-8,11H,2,9,17H2,1H3. The number of benzene rings is 1. The van der Waals surface area contributed by atoms with Crippen molar-refractivity contribution >= 4 is 10.0 Å². The Kier molecular flexibility index (Phi) is 4.43. The maximum absolute atomic E-state index is 13.7. The molecular formula is C14H16F2N2O2S. The second-order valence-electron chi connectivity index (χ2n) is 4.75. The van der Waals surface area contributed by atoms with Crippen molar-refractivity contribution in [3.8, 4) is 0 Å². The van der Waals surface area contributed by atoms with E-state index >= 15 is 0 Å². The zero-order valence-electron chi connectivity index (χ0n) is 11.5. The van der Waals surface area contributed by atoms with Gasteiger partial charge in [0.2, 0.25) is 0 Å². The van der Waals surface area contributed by atoms with Crippen molar-refractivity contribution in [2.24, 2.45) is 5.73 Å². The molecule has 114 valence electrons. The number of hydrogen-bond donors (Lipinski definition) is 1. The van der Waals surface area contributed by atoms with E-state index in [9.17, 15) is 17.2 Å². The highest BCUT2D eigenvalue weighted by Gasteiger charge is 2.23. The van der Waals surface area contributed by atoms with Crippen LogP contribution in [-0.2, 0) is 16.4 Å². The van der Waals surface area contributed by atoms with Crippen LogP contribution in [0.4, 0.5) is 8.78 Å². The summed E-state index contributed by atoms with van der Waals surface area (Å²) in [6.45, 7) is 1.89. The molecule has 21 heavy (non-hydrogen) atoms. The molecule has 1 aromatic carbocycles. The molecule has 1 atom stereocenters. The van der Waals surface area contributed by atoms with Crippen LogP contribution in [0.5, 0.6) is 0 Å². The first-order valence-electron chi connectivity index (χ1n) is 6.48. The van der Waals surface area contributed by atoms with Gasteiger partial charge in [-0.25, -0.2) is 21.2 Å². The largest absolute Gasteiger partial charge is 0.327 e. The van der Waals surface area contributed by atoms with Gasteiger partial charge in [0.15, 0.2) is 0 Å². The van der Waals surface area contributed by atoms with Crippen LogP contribution in [0.2, 0.25) is 0 Å². The molecule has 0 fully saturated rings. The molecule has 0 spiro atoms. The minimum absolute atomic E-state index is 0.188. The zero-order chi connectivity index (χ0) is 15.6. The van der Waals surface area contributed by atoms with Gasteiger partial charge in [0.25, 0.3) is 10.0 Å². The fraction of sp³-hybridized carbons (Fsp3) is 0.286. The maximum Gasteiger partial charge on any atom is 0.270 e. The molecule has 0 saturated heterocycles. The zero-order valence-corrected chi connectivity index (χ0v) is 12.3. The summed E-state index contributed by atoms with van der Waals surface area (Å²) in [4.78, 5) is -0.564. The number of nitrogens with zero attached hydrogens (tertiary/aromatic N) is 1. The molecule has 7 heteroatoms. The van der Waals surface area contributed by atoms with Crippen LogP contribution in [0, 0.1) is 11.6 Å². The maximum atomic E-state index is 13.7. The van der Waals surface area contributed by atoms with Gasteiger partial charge in [-0.15, -0.1) is 0 Å². The number of hydrogen-bond acceptors (Lipinski definition) is 3. The number of halogens is 2. The van der Waals surface area contributed by atoms with Crippen molar-refractivity contribution < 1.29 is 17.2 Å². The number of rotatable bonds is 5. The summed E-state index contributed by atoms with van der Waals surface area (Å²) in [5.41, 5.74) is 6.30. The third-order valence-corrected chi connectivity index (χ3v) is 4.98. The van der Waals surface area contributed by atoms with Crippen molar-refractivity contribution in [1.82, 2.24) is 3.97 Å². The van der Waals surface area contributed by atoms with Crippen molar-refractivity contribution in [3.63, 3.8) is 0 Å². The van der Waals surface area contributed by atoms with Gasteiger partial charge >= 0.3 is 0 Å². The Hall–Kier alpha value is -1.73. The van der Waals surface area contributed by atoms with E-state index in [0.717, 1.165) is 16.1 Å². The van der Waals surface area contributed by atoms with Crippen LogP contribution in [-0.4, -0.2) is 18.4 Å². The van der Waals surface area contributed by atoms with Crippen LogP contribution in [0.1, 0.15) is 19.0 Å². The van der Waals surface area contributed by atoms with Crippen molar-refractivity contribution in [3.05, 3.63) is 53.9 Å². The van der Waals surface area contributed by atoms with E-state index in [1.54, 1.807) is 12.1 Å². The Morgan fingerprint density at radius 2 is 2.00 bits per heavy atom. The molecule has 1 heterocycles. The van der Waals surface area contributed by atoms with Crippen LogP contribution in [0.15, 0.2) is 41.4 Å². The second-order valence-corrected chi connectivity index (χ2v) is 6.53. The second kappa shape index (κ2) is 5.95. The van der Waals surface area contributed by atoms with Crippen molar-refractivity contribution in [2.75, 3.05) is 0 Å². The molecule has 0 aliphatic carbocycles. The molecule has 0 aliphatic rings. The van der Waals surface area contributed by atoms with E-state index < -0.39 is 26.6 Å². The van der Waals surface area contributed by atoms with E-state index in [-0.39, 0.29) is 6.04 Å². The Morgan fingerprint density at radius 3 is 2.62 bits per heavy atom. The summed E-state index contributed by atoms with van der Waals surface area (Å²) in [7, 11) is -4.11. The van der Waals surface area contributed by atoms with Gasteiger partial charge in [0.05, 0.1) is 0 Å². The van der Waals surface area contributed by atoms with Crippen LogP contribution < -0.4 is 5.73 Å². The van der Waals surface area contributed by atoms with E-state index in [4.69, 9.17) is 5.73 Å². The molecular weight excluding hydrogens is 298 g/mol. The van der Waals surface area contributed by atoms with Gasteiger partial charge in [-0.05, 0) is 30.7 Å². The fourth-order valence-electron chi connectivity index (χ4n) is 2.00. The average molecular weight is 314 g/mol. The number of aromatic nitrogens is 1. The van der Waals surface area contributed by atoms with Crippen LogP contribution in [0.25, 0.3) is 0 Å². The summed E-state index contributed by atoms with van der Waals surface area (Å²) in [5, 5.41) is 0. The summed E-state index contributed by atoms with van der Waals surface area (Å²) in [6.07, 6.45) is 2.37. The average Bonchev–Trinajstić information content (AvgIpc) is 2.86. The molecule has 0 aliphatic heterocycles. The molecule has 2 rings (SSSR count). The highest BCUT2D eigenvalue weighted by molar-refractivity contribution is 7.90. The molecule has 1 unspecified atom stereocenters. The van der Waals surface area contributed by atoms with Gasteiger partial charge in [0, 0.05) is 30.4 Å². The van der Waals surface area contributed by atoms with Crippen molar-refractivity contribution in [2.45, 2.75) is 30.7 Å². The molecule has 1 aromatic heterocycles. The molecule has 0 amide bonds. The van der Waals surface area contributed by atoms with Gasteiger partial charge in [-0.2, -0.15) is 0 Å². The smallest absolute Gasteiger partial charge is 0.270 e. The quantitative estimate of drug-likeness (QED) is 0.921. The fourth-order valence-corrected chi connectivity index (χ4v) is 3.43. The predicted molar refractivity (Wildman–Crippen MR) is 75.3 cm³/mol.